The van der Waals surface area contributed by atoms with E-state index in [0.717, 1.165) is 59.3 Å². The van der Waals surface area contributed by atoms with Crippen molar-refractivity contribution in [1.29, 1.82) is 0 Å². The van der Waals surface area contributed by atoms with Crippen LogP contribution < -0.4 is 11.1 Å². The molecule has 0 amide bonds. The standard InChI is InChI=1S/C21H25FIN3/c22-19-4-2-1-3-18(19)14-5-7-17-12-16(9-10-26(17)13-14)25-21-8-6-15(23)11-20(21)24/h1-4,6,8,11,14,16-17,25H,5,7,9-10,12-13,24H2/t14-,16+,17+/m0/s1. The minimum atomic E-state index is -0.0540. The van der Waals surface area contributed by atoms with Gasteiger partial charge in [-0.2, -0.15) is 0 Å². The summed E-state index contributed by atoms with van der Waals surface area (Å²) in [6.45, 7) is 2.04. The van der Waals surface area contributed by atoms with Crippen molar-refractivity contribution in [1.82, 2.24) is 4.90 Å². The molecule has 2 aliphatic heterocycles. The van der Waals surface area contributed by atoms with Gasteiger partial charge in [0.05, 0.1) is 11.4 Å². The molecular formula is C21H25FIN3. The van der Waals surface area contributed by atoms with Gasteiger partial charge in [0.2, 0.25) is 0 Å². The first kappa shape index (κ1) is 18.0. The first-order chi connectivity index (χ1) is 12.6. The quantitative estimate of drug-likeness (QED) is 0.504. The molecule has 4 rings (SSSR count). The predicted molar refractivity (Wildman–Crippen MR) is 114 cm³/mol. The first-order valence-corrected chi connectivity index (χ1v) is 10.5. The molecule has 2 fully saturated rings. The van der Waals surface area contributed by atoms with E-state index in [-0.39, 0.29) is 5.82 Å². The second-order valence-corrected chi connectivity index (χ2v) is 8.79. The maximum Gasteiger partial charge on any atom is 0.126 e. The van der Waals surface area contributed by atoms with Gasteiger partial charge in [0.15, 0.2) is 0 Å². The fourth-order valence-electron chi connectivity index (χ4n) is 4.48. The summed E-state index contributed by atoms with van der Waals surface area (Å²) < 4.78 is 15.3. The minimum Gasteiger partial charge on any atom is -0.397 e. The molecule has 2 aromatic carbocycles. The average molecular weight is 465 g/mol. The molecule has 0 aromatic heterocycles. The van der Waals surface area contributed by atoms with Crippen LogP contribution in [0.3, 0.4) is 0 Å². The molecule has 5 heteroatoms. The molecule has 138 valence electrons. The topological polar surface area (TPSA) is 41.3 Å². The second kappa shape index (κ2) is 7.72. The van der Waals surface area contributed by atoms with Gasteiger partial charge < -0.3 is 11.1 Å². The number of rotatable bonds is 3. The number of nitrogen functional groups attached to an aromatic ring is 1. The molecule has 0 saturated carbocycles. The number of nitrogens with two attached hydrogens (primary N) is 1. The number of halogens is 2. The van der Waals surface area contributed by atoms with Crippen LogP contribution in [0.4, 0.5) is 15.8 Å². The summed E-state index contributed by atoms with van der Waals surface area (Å²) >= 11 is 2.29. The van der Waals surface area contributed by atoms with Gasteiger partial charge in [-0.1, -0.05) is 18.2 Å². The Bertz CT molecular complexity index is 782. The molecule has 3 nitrogen and oxygen atoms in total. The maximum absolute atomic E-state index is 14.1. The Morgan fingerprint density at radius 2 is 1.96 bits per heavy atom. The number of benzene rings is 2. The molecule has 0 radical (unpaired) electrons. The van der Waals surface area contributed by atoms with E-state index in [1.807, 2.05) is 18.2 Å². The highest BCUT2D eigenvalue weighted by Crippen LogP contribution is 2.36. The largest absolute Gasteiger partial charge is 0.397 e. The Morgan fingerprint density at radius 1 is 1.12 bits per heavy atom. The summed E-state index contributed by atoms with van der Waals surface area (Å²) in [7, 11) is 0. The zero-order valence-electron chi connectivity index (χ0n) is 14.8. The Hall–Kier alpha value is -1.34. The number of hydrogen-bond donors (Lipinski definition) is 2. The number of fused-ring (bicyclic) bond motifs is 1. The van der Waals surface area contributed by atoms with Crippen LogP contribution in [0.5, 0.6) is 0 Å². The van der Waals surface area contributed by atoms with E-state index in [1.54, 1.807) is 12.1 Å². The van der Waals surface area contributed by atoms with Crippen LogP contribution >= 0.6 is 22.6 Å². The molecular weight excluding hydrogens is 440 g/mol. The first-order valence-electron chi connectivity index (χ1n) is 9.40. The van der Waals surface area contributed by atoms with Crippen molar-refractivity contribution in [3.05, 3.63) is 57.4 Å². The van der Waals surface area contributed by atoms with E-state index < -0.39 is 0 Å². The summed E-state index contributed by atoms with van der Waals surface area (Å²) in [4.78, 5) is 2.57. The van der Waals surface area contributed by atoms with E-state index in [0.29, 0.717) is 18.0 Å². The molecule has 2 aromatic rings. The van der Waals surface area contributed by atoms with Crippen LogP contribution in [-0.4, -0.2) is 30.1 Å². The molecule has 0 aliphatic carbocycles. The summed E-state index contributed by atoms with van der Waals surface area (Å²) in [6, 6.07) is 14.5. The third-order valence-electron chi connectivity index (χ3n) is 5.86. The normalized spacial score (nSPS) is 26.3. The molecule has 0 bridgehead atoms. The summed E-state index contributed by atoms with van der Waals surface area (Å²) in [6.07, 6.45) is 4.45. The molecule has 0 unspecified atom stereocenters. The van der Waals surface area contributed by atoms with Gasteiger partial charge in [-0.15, -0.1) is 0 Å². The van der Waals surface area contributed by atoms with E-state index in [4.69, 9.17) is 5.73 Å². The fraction of sp³-hybridized carbons (Fsp3) is 0.429. The number of piperidine rings is 2. The number of nitrogens with one attached hydrogen (secondary N) is 1. The van der Waals surface area contributed by atoms with Gasteiger partial charge in [-0.25, -0.2) is 4.39 Å². The Balaban J connectivity index is 1.38. The Labute approximate surface area is 168 Å². The zero-order valence-corrected chi connectivity index (χ0v) is 17.0. The smallest absolute Gasteiger partial charge is 0.126 e. The van der Waals surface area contributed by atoms with Crippen LogP contribution in [-0.2, 0) is 0 Å². The van der Waals surface area contributed by atoms with Gasteiger partial charge in [0, 0.05) is 28.7 Å². The van der Waals surface area contributed by atoms with Gasteiger partial charge in [-0.3, -0.25) is 4.90 Å². The number of nitrogens with zero attached hydrogens (tertiary/aromatic N) is 1. The van der Waals surface area contributed by atoms with Crippen molar-refractivity contribution in [2.45, 2.75) is 43.7 Å². The number of anilines is 2. The second-order valence-electron chi connectivity index (χ2n) is 7.54. The highest BCUT2D eigenvalue weighted by atomic mass is 127. The van der Waals surface area contributed by atoms with Gasteiger partial charge in [0.1, 0.15) is 5.82 Å². The molecule has 3 atom stereocenters. The van der Waals surface area contributed by atoms with Crippen molar-refractivity contribution in [3.8, 4) is 0 Å². The van der Waals surface area contributed by atoms with Crippen molar-refractivity contribution < 1.29 is 4.39 Å². The fourth-order valence-corrected chi connectivity index (χ4v) is 5.00. The maximum atomic E-state index is 14.1. The van der Waals surface area contributed by atoms with Gasteiger partial charge >= 0.3 is 0 Å². The third-order valence-corrected chi connectivity index (χ3v) is 6.53. The van der Waals surface area contributed by atoms with Crippen molar-refractivity contribution in [3.63, 3.8) is 0 Å². The summed E-state index contributed by atoms with van der Waals surface area (Å²) in [5.74, 6) is 0.269. The van der Waals surface area contributed by atoms with Crippen LogP contribution in [0.15, 0.2) is 42.5 Å². The van der Waals surface area contributed by atoms with Crippen LogP contribution in [0.2, 0.25) is 0 Å². The van der Waals surface area contributed by atoms with Crippen molar-refractivity contribution in [2.24, 2.45) is 0 Å². The SMILES string of the molecule is Nc1cc(I)ccc1N[C@@H]1CCN2C[C@@H](c3ccccc3F)CC[C@@H]2C1. The lowest BCUT2D eigenvalue weighted by Gasteiger charge is -2.45. The highest BCUT2D eigenvalue weighted by molar-refractivity contribution is 14.1. The van der Waals surface area contributed by atoms with Crippen molar-refractivity contribution >= 4 is 34.0 Å². The van der Waals surface area contributed by atoms with E-state index in [1.165, 1.54) is 0 Å². The lowest BCUT2D eigenvalue weighted by atomic mass is 9.82. The minimum absolute atomic E-state index is 0.0540. The molecule has 0 spiro atoms. The Morgan fingerprint density at radius 3 is 2.77 bits per heavy atom. The summed E-state index contributed by atoms with van der Waals surface area (Å²) in [5, 5.41) is 3.65. The molecule has 26 heavy (non-hydrogen) atoms. The molecule has 2 heterocycles. The molecule has 2 aliphatic rings. The molecule has 2 saturated heterocycles. The van der Waals surface area contributed by atoms with Gasteiger partial charge in [0.25, 0.3) is 0 Å². The van der Waals surface area contributed by atoms with E-state index in [9.17, 15) is 4.39 Å². The number of hydrogen-bond acceptors (Lipinski definition) is 3. The van der Waals surface area contributed by atoms with Gasteiger partial charge in [-0.05, 0) is 84.0 Å². The van der Waals surface area contributed by atoms with Crippen LogP contribution in [0, 0.1) is 9.39 Å². The average Bonchev–Trinajstić information content (AvgIpc) is 2.64. The van der Waals surface area contributed by atoms with Crippen molar-refractivity contribution in [2.75, 3.05) is 24.1 Å². The monoisotopic (exact) mass is 465 g/mol. The van der Waals surface area contributed by atoms with Crippen LogP contribution in [0.1, 0.15) is 37.2 Å². The predicted octanol–water partition coefficient (Wildman–Crippen LogP) is 4.84. The summed E-state index contributed by atoms with van der Waals surface area (Å²) in [5.41, 5.74) is 8.91. The Kier molecular flexibility index (Phi) is 5.36. The lowest BCUT2D eigenvalue weighted by Crippen LogP contribution is -2.50. The van der Waals surface area contributed by atoms with Crippen LogP contribution in [0.25, 0.3) is 0 Å². The third kappa shape index (κ3) is 3.83. The van der Waals surface area contributed by atoms with E-state index in [2.05, 4.69) is 44.9 Å². The molecule has 3 N–H and O–H groups in total. The zero-order chi connectivity index (χ0) is 18.1. The van der Waals surface area contributed by atoms with E-state index >= 15 is 0 Å². The highest BCUT2D eigenvalue weighted by Gasteiger charge is 2.34. The lowest BCUT2D eigenvalue weighted by molar-refractivity contribution is 0.0894.